The molecule has 4 rings (SSSR count). The number of rotatable bonds is 4. The van der Waals surface area contributed by atoms with Crippen LogP contribution < -0.4 is 5.32 Å². The SMILES string of the molecule is Cn1cc(-c2ccc(CNC(=O)c3ccc4nccnc4c3)cn2)cn1. The number of carbonyl (C=O) groups is 1. The normalized spacial score (nSPS) is 10.8. The van der Waals surface area contributed by atoms with E-state index < -0.39 is 0 Å². The number of fused-ring (bicyclic) bond motifs is 1. The molecule has 1 aromatic carbocycles. The van der Waals surface area contributed by atoms with Crippen molar-refractivity contribution in [2.24, 2.45) is 7.05 Å². The number of benzene rings is 1. The Labute approximate surface area is 149 Å². The zero-order valence-corrected chi connectivity index (χ0v) is 14.1. The third-order valence-electron chi connectivity index (χ3n) is 4.01. The number of nitrogens with one attached hydrogen (secondary N) is 1. The van der Waals surface area contributed by atoms with Gasteiger partial charge in [-0.2, -0.15) is 5.10 Å². The van der Waals surface area contributed by atoms with Gasteiger partial charge in [0.1, 0.15) is 0 Å². The van der Waals surface area contributed by atoms with Crippen LogP contribution in [-0.2, 0) is 13.6 Å². The first-order valence-electron chi connectivity index (χ1n) is 8.12. The lowest BCUT2D eigenvalue weighted by atomic mass is 10.1. The number of hydrogen-bond acceptors (Lipinski definition) is 5. The molecule has 0 saturated heterocycles. The van der Waals surface area contributed by atoms with Crippen LogP contribution in [0, 0.1) is 0 Å². The predicted molar refractivity (Wildman–Crippen MR) is 97.1 cm³/mol. The highest BCUT2D eigenvalue weighted by Crippen LogP contribution is 2.16. The fourth-order valence-corrected chi connectivity index (χ4v) is 2.64. The molecule has 0 aliphatic rings. The summed E-state index contributed by atoms with van der Waals surface area (Å²) in [5.74, 6) is -0.158. The van der Waals surface area contributed by atoms with Gasteiger partial charge in [0.2, 0.25) is 0 Å². The van der Waals surface area contributed by atoms with Crippen molar-refractivity contribution in [3.05, 3.63) is 72.4 Å². The van der Waals surface area contributed by atoms with Crippen LogP contribution in [0.5, 0.6) is 0 Å². The molecule has 7 heteroatoms. The molecule has 26 heavy (non-hydrogen) atoms. The molecule has 3 aromatic heterocycles. The number of aryl methyl sites for hydroxylation is 1. The topological polar surface area (TPSA) is 85.6 Å². The van der Waals surface area contributed by atoms with Crippen molar-refractivity contribution in [1.82, 2.24) is 30.0 Å². The summed E-state index contributed by atoms with van der Waals surface area (Å²) in [7, 11) is 1.87. The summed E-state index contributed by atoms with van der Waals surface area (Å²) in [5, 5.41) is 7.04. The molecule has 0 aliphatic carbocycles. The maximum absolute atomic E-state index is 12.4. The minimum atomic E-state index is -0.158. The summed E-state index contributed by atoms with van der Waals surface area (Å²) in [4.78, 5) is 25.2. The predicted octanol–water partition coefficient (Wildman–Crippen LogP) is 2.36. The molecule has 0 fully saturated rings. The molecule has 7 nitrogen and oxygen atoms in total. The van der Waals surface area contributed by atoms with Crippen LogP contribution in [0.4, 0.5) is 0 Å². The number of pyridine rings is 1. The average molecular weight is 344 g/mol. The molecule has 0 unspecified atom stereocenters. The molecule has 1 N–H and O–H groups in total. The standard InChI is InChI=1S/C19H16N6O/c1-25-12-15(11-24-25)16-4-2-13(9-22-16)10-23-19(26)14-3-5-17-18(8-14)21-7-6-20-17/h2-9,11-12H,10H2,1H3,(H,23,26). The van der Waals surface area contributed by atoms with E-state index in [1.165, 1.54) is 0 Å². The van der Waals surface area contributed by atoms with Crippen LogP contribution in [0.25, 0.3) is 22.3 Å². The van der Waals surface area contributed by atoms with Crippen molar-refractivity contribution < 1.29 is 4.79 Å². The van der Waals surface area contributed by atoms with E-state index in [9.17, 15) is 4.79 Å². The Morgan fingerprint density at radius 1 is 1.04 bits per heavy atom. The van der Waals surface area contributed by atoms with E-state index >= 15 is 0 Å². The van der Waals surface area contributed by atoms with Crippen molar-refractivity contribution in [1.29, 1.82) is 0 Å². The van der Waals surface area contributed by atoms with Gasteiger partial charge in [-0.25, -0.2) is 0 Å². The van der Waals surface area contributed by atoms with Crippen molar-refractivity contribution in [3.8, 4) is 11.3 Å². The van der Waals surface area contributed by atoms with E-state index in [4.69, 9.17) is 0 Å². The summed E-state index contributed by atoms with van der Waals surface area (Å²) in [6.07, 6.45) is 8.68. The molecule has 128 valence electrons. The summed E-state index contributed by atoms with van der Waals surface area (Å²) in [6, 6.07) is 9.14. The third-order valence-corrected chi connectivity index (χ3v) is 4.01. The van der Waals surface area contributed by atoms with Crippen LogP contribution in [0.3, 0.4) is 0 Å². The average Bonchev–Trinajstić information content (AvgIpc) is 3.12. The van der Waals surface area contributed by atoms with Gasteiger partial charge in [-0.1, -0.05) is 6.07 Å². The third kappa shape index (κ3) is 3.27. The second kappa shape index (κ2) is 6.72. The monoisotopic (exact) mass is 344 g/mol. The lowest BCUT2D eigenvalue weighted by molar-refractivity contribution is 0.0951. The molecule has 0 bridgehead atoms. The van der Waals surface area contributed by atoms with Gasteiger partial charge in [-0.15, -0.1) is 0 Å². The molecule has 4 aromatic rings. The molecule has 3 heterocycles. The van der Waals surface area contributed by atoms with Crippen molar-refractivity contribution in [2.75, 3.05) is 0 Å². The molecular weight excluding hydrogens is 328 g/mol. The second-order valence-electron chi connectivity index (χ2n) is 5.90. The Morgan fingerprint density at radius 3 is 2.62 bits per heavy atom. The van der Waals surface area contributed by atoms with Gasteiger partial charge in [0, 0.05) is 49.5 Å². The molecule has 0 aliphatic heterocycles. The van der Waals surface area contributed by atoms with Gasteiger partial charge in [-0.05, 0) is 29.8 Å². The minimum absolute atomic E-state index is 0.158. The van der Waals surface area contributed by atoms with Crippen LogP contribution in [-0.4, -0.2) is 30.6 Å². The largest absolute Gasteiger partial charge is 0.348 e. The summed E-state index contributed by atoms with van der Waals surface area (Å²) in [6.45, 7) is 0.400. The lowest BCUT2D eigenvalue weighted by Gasteiger charge is -2.06. The molecular formula is C19H16N6O. The molecule has 0 atom stereocenters. The molecule has 0 saturated carbocycles. The maximum atomic E-state index is 12.4. The number of hydrogen-bond donors (Lipinski definition) is 1. The summed E-state index contributed by atoms with van der Waals surface area (Å²) in [5.41, 5.74) is 4.74. The lowest BCUT2D eigenvalue weighted by Crippen LogP contribution is -2.22. The van der Waals surface area contributed by atoms with E-state index in [2.05, 4.69) is 25.4 Å². The number of aromatic nitrogens is 5. The Morgan fingerprint density at radius 2 is 1.88 bits per heavy atom. The fourth-order valence-electron chi connectivity index (χ4n) is 2.64. The smallest absolute Gasteiger partial charge is 0.251 e. The van der Waals surface area contributed by atoms with Gasteiger partial charge in [0.15, 0.2) is 0 Å². The van der Waals surface area contributed by atoms with Crippen LogP contribution >= 0.6 is 0 Å². The van der Waals surface area contributed by atoms with Crippen LogP contribution in [0.2, 0.25) is 0 Å². The first kappa shape index (κ1) is 15.9. The second-order valence-corrected chi connectivity index (χ2v) is 5.90. The number of nitrogens with zero attached hydrogens (tertiary/aromatic N) is 5. The van der Waals surface area contributed by atoms with Crippen molar-refractivity contribution >= 4 is 16.9 Å². The minimum Gasteiger partial charge on any atom is -0.348 e. The highest BCUT2D eigenvalue weighted by atomic mass is 16.1. The summed E-state index contributed by atoms with van der Waals surface area (Å²) < 4.78 is 1.74. The first-order valence-corrected chi connectivity index (χ1v) is 8.12. The maximum Gasteiger partial charge on any atom is 0.251 e. The Bertz CT molecular complexity index is 1070. The Hall–Kier alpha value is -3.61. The van der Waals surface area contributed by atoms with Crippen molar-refractivity contribution in [2.45, 2.75) is 6.54 Å². The van der Waals surface area contributed by atoms with Crippen molar-refractivity contribution in [3.63, 3.8) is 0 Å². The van der Waals surface area contributed by atoms with Gasteiger partial charge in [0.25, 0.3) is 5.91 Å². The van der Waals surface area contributed by atoms with Crippen LogP contribution in [0.1, 0.15) is 15.9 Å². The quantitative estimate of drug-likeness (QED) is 0.614. The van der Waals surface area contributed by atoms with Gasteiger partial charge >= 0.3 is 0 Å². The number of carbonyl (C=O) groups excluding carboxylic acids is 1. The van der Waals surface area contributed by atoms with Gasteiger partial charge in [0.05, 0.1) is 22.9 Å². The fraction of sp³-hybridized carbons (Fsp3) is 0.105. The van der Waals surface area contributed by atoms with E-state index in [-0.39, 0.29) is 5.91 Å². The highest BCUT2D eigenvalue weighted by Gasteiger charge is 2.08. The summed E-state index contributed by atoms with van der Waals surface area (Å²) >= 11 is 0. The Balaban J connectivity index is 1.43. The zero-order valence-electron chi connectivity index (χ0n) is 14.1. The zero-order chi connectivity index (χ0) is 17.9. The van der Waals surface area contributed by atoms with E-state index in [1.807, 2.05) is 25.4 Å². The van der Waals surface area contributed by atoms with E-state index in [1.54, 1.807) is 47.7 Å². The van der Waals surface area contributed by atoms with Crippen LogP contribution in [0.15, 0.2) is 61.3 Å². The number of amides is 1. The molecule has 0 radical (unpaired) electrons. The van der Waals surface area contributed by atoms with Gasteiger partial charge in [-0.3, -0.25) is 24.4 Å². The highest BCUT2D eigenvalue weighted by molar-refractivity contribution is 5.97. The first-order chi connectivity index (χ1) is 12.7. The molecule has 1 amide bonds. The Kier molecular flexibility index (Phi) is 4.10. The van der Waals surface area contributed by atoms with Gasteiger partial charge < -0.3 is 5.32 Å². The van der Waals surface area contributed by atoms with E-state index in [0.717, 1.165) is 22.3 Å². The van der Waals surface area contributed by atoms with E-state index in [0.29, 0.717) is 17.6 Å². The molecule has 0 spiro atoms.